The highest BCUT2D eigenvalue weighted by Crippen LogP contribution is 2.40. The second-order valence-electron chi connectivity index (χ2n) is 4.66. The minimum atomic E-state index is -0.514. The summed E-state index contributed by atoms with van der Waals surface area (Å²) in [6, 6.07) is 0. The fourth-order valence-corrected chi connectivity index (χ4v) is 1.13. The van der Waals surface area contributed by atoms with Gasteiger partial charge in [0, 0.05) is 11.6 Å². The molecule has 0 aromatic heterocycles. The Hall–Kier alpha value is -1.59. The van der Waals surface area contributed by atoms with Crippen molar-refractivity contribution in [2.24, 2.45) is 0 Å². The molecule has 0 aromatic carbocycles. The van der Waals surface area contributed by atoms with Gasteiger partial charge >= 0.3 is 11.9 Å². The Bertz CT molecular complexity index is 419. The Morgan fingerprint density at radius 3 is 2.09 bits per heavy atom. The Morgan fingerprint density at radius 1 is 1.39 bits per heavy atom. The lowest BCUT2D eigenvalue weighted by Gasteiger charge is -1.97. The minimum Gasteiger partial charge on any atom is -0.466 e. The first-order valence-corrected chi connectivity index (χ1v) is 7.59. The van der Waals surface area contributed by atoms with Gasteiger partial charge in [-0.25, -0.2) is 9.59 Å². The van der Waals surface area contributed by atoms with E-state index in [4.69, 9.17) is 16.3 Å². The third-order valence-corrected chi connectivity index (χ3v) is 3.13. The number of epoxide rings is 1. The van der Waals surface area contributed by atoms with Crippen molar-refractivity contribution >= 4 is 23.5 Å². The quantitative estimate of drug-likeness (QED) is 0.183. The molecule has 0 amide bonds. The normalized spacial score (nSPS) is 20.5. The van der Waals surface area contributed by atoms with Crippen molar-refractivity contribution in [1.29, 1.82) is 0 Å². The van der Waals surface area contributed by atoms with Gasteiger partial charge in [-0.15, -0.1) is 0 Å². The molecule has 132 valence electrons. The highest BCUT2D eigenvalue weighted by Gasteiger charge is 2.49. The second kappa shape index (κ2) is 12.9. The summed E-state index contributed by atoms with van der Waals surface area (Å²) in [5, 5.41) is -0.514. The van der Waals surface area contributed by atoms with E-state index < -0.39 is 5.06 Å². The van der Waals surface area contributed by atoms with E-state index in [0.29, 0.717) is 12.2 Å². The summed E-state index contributed by atoms with van der Waals surface area (Å²) in [7, 11) is 1.33. The van der Waals surface area contributed by atoms with E-state index in [9.17, 15) is 9.59 Å². The number of carbonyl (C=O) groups is 2. The standard InChI is InChI=1S/C7H12O2.C5H7ClO.C5H8O2/c1-3-5-6-9-7(8)4-2;1-3-5(6)4(2)7-5;1-4(2)5(6)7-3/h4H,2-3,5-6H2,1H3;3-4H,1H2,2H3;1H2,2-3H3. The Balaban J connectivity index is 0. The van der Waals surface area contributed by atoms with Gasteiger partial charge in [0.15, 0.2) is 5.06 Å². The molecule has 1 fully saturated rings. The number of hydrogen-bond acceptors (Lipinski definition) is 5. The van der Waals surface area contributed by atoms with Crippen LogP contribution in [-0.4, -0.2) is 36.8 Å². The highest BCUT2D eigenvalue weighted by atomic mass is 35.5. The molecule has 6 heteroatoms. The van der Waals surface area contributed by atoms with E-state index in [2.05, 4.69) is 29.2 Å². The molecule has 0 aliphatic carbocycles. The van der Waals surface area contributed by atoms with E-state index in [1.165, 1.54) is 13.2 Å². The first-order valence-electron chi connectivity index (χ1n) is 7.21. The Kier molecular flexibility index (Phi) is 13.3. The summed E-state index contributed by atoms with van der Waals surface area (Å²) in [6.45, 7) is 16.2. The Labute approximate surface area is 143 Å². The van der Waals surface area contributed by atoms with Crippen LogP contribution in [0.5, 0.6) is 0 Å². The maximum atomic E-state index is 10.3. The summed E-state index contributed by atoms with van der Waals surface area (Å²) >= 11 is 5.64. The van der Waals surface area contributed by atoms with E-state index >= 15 is 0 Å². The summed E-state index contributed by atoms with van der Waals surface area (Å²) in [5.41, 5.74) is 0.433. The predicted octanol–water partition coefficient (Wildman–Crippen LogP) is 3.78. The van der Waals surface area contributed by atoms with Crippen molar-refractivity contribution in [2.45, 2.75) is 44.8 Å². The molecule has 1 aliphatic heterocycles. The van der Waals surface area contributed by atoms with Crippen molar-refractivity contribution < 1.29 is 23.8 Å². The molecule has 1 heterocycles. The van der Waals surface area contributed by atoms with Gasteiger partial charge in [0.25, 0.3) is 0 Å². The lowest BCUT2D eigenvalue weighted by Crippen LogP contribution is -2.00. The average Bonchev–Trinajstić information content (AvgIpc) is 3.15. The molecule has 2 atom stereocenters. The van der Waals surface area contributed by atoms with Crippen molar-refractivity contribution in [3.63, 3.8) is 0 Å². The molecule has 0 radical (unpaired) electrons. The fraction of sp³-hybridized carbons (Fsp3) is 0.529. The average molecular weight is 347 g/mol. The van der Waals surface area contributed by atoms with Crippen molar-refractivity contribution in [2.75, 3.05) is 13.7 Å². The number of hydrogen-bond donors (Lipinski definition) is 0. The number of alkyl halides is 1. The lowest BCUT2D eigenvalue weighted by atomic mass is 10.3. The molecule has 1 rings (SSSR count). The molecule has 0 saturated carbocycles. The van der Waals surface area contributed by atoms with Crippen LogP contribution in [0.15, 0.2) is 37.5 Å². The molecule has 2 unspecified atom stereocenters. The number of carbonyl (C=O) groups excluding carboxylic acids is 2. The highest BCUT2D eigenvalue weighted by molar-refractivity contribution is 6.26. The van der Waals surface area contributed by atoms with Crippen LogP contribution < -0.4 is 0 Å². The predicted molar refractivity (Wildman–Crippen MR) is 92.2 cm³/mol. The molecular formula is C17H27ClO5. The molecule has 1 aliphatic rings. The number of methoxy groups -OCH3 is 1. The molecule has 0 aromatic rings. The van der Waals surface area contributed by atoms with Gasteiger partial charge in [0.05, 0.1) is 13.7 Å². The van der Waals surface area contributed by atoms with Crippen LogP contribution in [0.3, 0.4) is 0 Å². The maximum absolute atomic E-state index is 10.3. The largest absolute Gasteiger partial charge is 0.466 e. The minimum absolute atomic E-state index is 0.159. The van der Waals surface area contributed by atoms with Crippen LogP contribution in [-0.2, 0) is 23.8 Å². The topological polar surface area (TPSA) is 65.1 Å². The van der Waals surface area contributed by atoms with Gasteiger partial charge in [-0.05, 0) is 26.3 Å². The van der Waals surface area contributed by atoms with Gasteiger partial charge in [0.2, 0.25) is 0 Å². The molecule has 23 heavy (non-hydrogen) atoms. The number of halogens is 1. The third kappa shape index (κ3) is 12.6. The van der Waals surface area contributed by atoms with Crippen molar-refractivity contribution in [3.05, 3.63) is 37.5 Å². The van der Waals surface area contributed by atoms with Crippen LogP contribution in [0.2, 0.25) is 0 Å². The first kappa shape index (κ1) is 23.7. The molecule has 0 bridgehead atoms. The van der Waals surface area contributed by atoms with Crippen LogP contribution in [0.1, 0.15) is 33.6 Å². The Morgan fingerprint density at radius 2 is 1.91 bits per heavy atom. The monoisotopic (exact) mass is 346 g/mol. The molecule has 5 nitrogen and oxygen atoms in total. The maximum Gasteiger partial charge on any atom is 0.332 e. The number of rotatable bonds is 6. The van der Waals surface area contributed by atoms with Crippen LogP contribution in [0, 0.1) is 0 Å². The zero-order valence-corrected chi connectivity index (χ0v) is 15.1. The van der Waals surface area contributed by atoms with E-state index in [1.54, 1.807) is 13.0 Å². The van der Waals surface area contributed by atoms with Gasteiger partial charge < -0.3 is 14.2 Å². The number of esters is 2. The summed E-state index contributed by atoms with van der Waals surface area (Å²) in [4.78, 5) is 20.5. The smallest absolute Gasteiger partial charge is 0.332 e. The molecule has 1 saturated heterocycles. The molecule has 0 spiro atoms. The zero-order valence-electron chi connectivity index (χ0n) is 14.4. The van der Waals surface area contributed by atoms with Gasteiger partial charge in [-0.1, -0.05) is 44.7 Å². The van der Waals surface area contributed by atoms with Crippen molar-refractivity contribution in [1.82, 2.24) is 0 Å². The summed E-state index contributed by atoms with van der Waals surface area (Å²) < 4.78 is 13.8. The van der Waals surface area contributed by atoms with E-state index in [1.807, 2.05) is 13.8 Å². The van der Waals surface area contributed by atoms with Gasteiger partial charge in [0.1, 0.15) is 6.10 Å². The fourth-order valence-electron chi connectivity index (χ4n) is 1.00. The second-order valence-corrected chi connectivity index (χ2v) is 5.25. The van der Waals surface area contributed by atoms with Crippen LogP contribution in [0.4, 0.5) is 0 Å². The van der Waals surface area contributed by atoms with E-state index in [0.717, 1.165) is 12.8 Å². The lowest BCUT2D eigenvalue weighted by molar-refractivity contribution is -0.138. The first-order chi connectivity index (χ1) is 10.7. The van der Waals surface area contributed by atoms with Gasteiger partial charge in [-0.2, -0.15) is 0 Å². The molecule has 0 N–H and O–H groups in total. The number of ether oxygens (including phenoxy) is 3. The summed E-state index contributed by atoms with van der Waals surface area (Å²) in [5.74, 6) is -0.677. The van der Waals surface area contributed by atoms with Gasteiger partial charge in [-0.3, -0.25) is 0 Å². The third-order valence-electron chi connectivity index (χ3n) is 2.58. The zero-order chi connectivity index (χ0) is 18.5. The van der Waals surface area contributed by atoms with Crippen molar-refractivity contribution in [3.8, 4) is 0 Å². The molecular weight excluding hydrogens is 320 g/mol. The van der Waals surface area contributed by atoms with Crippen LogP contribution in [0.25, 0.3) is 0 Å². The SMILES string of the molecule is C=C(C)C(=O)OC.C=CC(=O)OCCCC.C=CC1(Cl)OC1C. The number of unbranched alkanes of at least 4 members (excludes halogenated alkanes) is 1. The van der Waals surface area contributed by atoms with E-state index in [-0.39, 0.29) is 18.0 Å². The van der Waals surface area contributed by atoms with Crippen LogP contribution >= 0.6 is 11.6 Å². The summed E-state index contributed by atoms with van der Waals surface area (Å²) in [6.07, 6.45) is 4.92.